The number of nitro groups is 1. The van der Waals surface area contributed by atoms with Crippen LogP contribution in [0.5, 0.6) is 0 Å². The van der Waals surface area contributed by atoms with Gasteiger partial charge in [-0.15, -0.1) is 11.3 Å². The third kappa shape index (κ3) is 3.16. The molecule has 0 saturated carbocycles. The Hall–Kier alpha value is -2.63. The summed E-state index contributed by atoms with van der Waals surface area (Å²) in [6.45, 7) is 0. The fourth-order valence-corrected chi connectivity index (χ4v) is 5.08. The summed E-state index contributed by atoms with van der Waals surface area (Å²) in [7, 11) is 0. The number of nitro benzene ring substituents is 1. The molecule has 0 radical (unpaired) electrons. The molecule has 0 N–H and O–H groups in total. The van der Waals surface area contributed by atoms with E-state index in [0.29, 0.717) is 0 Å². The number of fused-ring (bicyclic) bond motifs is 1. The van der Waals surface area contributed by atoms with Crippen LogP contribution in [-0.2, 0) is 0 Å². The standard InChI is InChI=1S/C20H13NO2S2/c22-21(23)15-10-12-16(13-11-15)24-20-17-8-4-5-9-18(17)25-19(20)14-6-2-1-3-7-14/h1-13H. The van der Waals surface area contributed by atoms with E-state index < -0.39 is 0 Å². The Morgan fingerprint density at radius 3 is 2.24 bits per heavy atom. The SMILES string of the molecule is O=[N+]([O-])c1ccc(Sc2c(-c3ccccc3)sc3ccccc23)cc1. The van der Waals surface area contributed by atoms with E-state index >= 15 is 0 Å². The molecule has 0 atom stereocenters. The first-order valence-corrected chi connectivity index (χ1v) is 9.35. The van der Waals surface area contributed by atoms with Crippen LogP contribution in [0.4, 0.5) is 5.69 Å². The maximum Gasteiger partial charge on any atom is 0.269 e. The van der Waals surface area contributed by atoms with Crippen molar-refractivity contribution in [3.63, 3.8) is 0 Å². The van der Waals surface area contributed by atoms with Crippen LogP contribution in [0.25, 0.3) is 20.5 Å². The molecule has 122 valence electrons. The van der Waals surface area contributed by atoms with Gasteiger partial charge in [-0.1, -0.05) is 60.3 Å². The highest BCUT2D eigenvalue weighted by atomic mass is 32.2. The van der Waals surface area contributed by atoms with Crippen molar-refractivity contribution in [2.24, 2.45) is 0 Å². The predicted molar refractivity (Wildman–Crippen MR) is 104 cm³/mol. The Morgan fingerprint density at radius 1 is 0.840 bits per heavy atom. The van der Waals surface area contributed by atoms with Gasteiger partial charge in [0.15, 0.2) is 0 Å². The molecule has 0 bridgehead atoms. The van der Waals surface area contributed by atoms with Crippen LogP contribution >= 0.6 is 23.1 Å². The zero-order valence-corrected chi connectivity index (χ0v) is 14.7. The summed E-state index contributed by atoms with van der Waals surface area (Å²) >= 11 is 3.43. The minimum atomic E-state index is -0.371. The van der Waals surface area contributed by atoms with E-state index in [4.69, 9.17) is 0 Å². The summed E-state index contributed by atoms with van der Waals surface area (Å²) in [6, 6.07) is 25.4. The van der Waals surface area contributed by atoms with Crippen LogP contribution < -0.4 is 0 Å². The maximum atomic E-state index is 10.8. The van der Waals surface area contributed by atoms with Gasteiger partial charge in [-0.2, -0.15) is 0 Å². The zero-order valence-electron chi connectivity index (χ0n) is 13.1. The summed E-state index contributed by atoms with van der Waals surface area (Å²) in [5.41, 5.74) is 1.30. The Morgan fingerprint density at radius 2 is 1.52 bits per heavy atom. The van der Waals surface area contributed by atoms with Crippen molar-refractivity contribution in [1.82, 2.24) is 0 Å². The Bertz CT molecular complexity index is 1040. The van der Waals surface area contributed by atoms with E-state index in [9.17, 15) is 10.1 Å². The van der Waals surface area contributed by atoms with Crippen molar-refractivity contribution in [3.05, 3.63) is 89.0 Å². The van der Waals surface area contributed by atoms with E-state index in [2.05, 4.69) is 24.3 Å². The van der Waals surface area contributed by atoms with Gasteiger partial charge in [0, 0.05) is 36.9 Å². The minimum Gasteiger partial charge on any atom is -0.258 e. The summed E-state index contributed by atoms with van der Waals surface area (Å²) in [4.78, 5) is 13.9. The zero-order chi connectivity index (χ0) is 17.2. The number of hydrogen-bond acceptors (Lipinski definition) is 4. The lowest BCUT2D eigenvalue weighted by Crippen LogP contribution is -1.86. The average Bonchev–Trinajstić information content (AvgIpc) is 3.02. The van der Waals surface area contributed by atoms with Gasteiger partial charge in [-0.25, -0.2) is 0 Å². The van der Waals surface area contributed by atoms with E-state index in [1.54, 1.807) is 35.2 Å². The molecule has 1 aromatic heterocycles. The first-order valence-electron chi connectivity index (χ1n) is 7.71. The van der Waals surface area contributed by atoms with Crippen LogP contribution in [-0.4, -0.2) is 4.92 Å². The quantitative estimate of drug-likeness (QED) is 0.302. The summed E-state index contributed by atoms with van der Waals surface area (Å²) < 4.78 is 1.24. The van der Waals surface area contributed by atoms with Gasteiger partial charge >= 0.3 is 0 Å². The van der Waals surface area contributed by atoms with Crippen LogP contribution in [0.2, 0.25) is 0 Å². The van der Waals surface area contributed by atoms with Gasteiger partial charge in [0.1, 0.15) is 0 Å². The molecule has 0 saturated heterocycles. The van der Waals surface area contributed by atoms with Crippen molar-refractivity contribution in [2.75, 3.05) is 0 Å². The van der Waals surface area contributed by atoms with Gasteiger partial charge < -0.3 is 0 Å². The molecule has 0 aliphatic heterocycles. The first-order chi connectivity index (χ1) is 12.2. The van der Waals surface area contributed by atoms with E-state index in [1.807, 2.05) is 42.5 Å². The molecule has 0 fully saturated rings. The fourth-order valence-electron chi connectivity index (χ4n) is 2.66. The second kappa shape index (κ2) is 6.70. The van der Waals surface area contributed by atoms with Crippen molar-refractivity contribution < 1.29 is 4.92 Å². The second-order valence-electron chi connectivity index (χ2n) is 5.48. The van der Waals surface area contributed by atoms with Gasteiger partial charge in [-0.05, 0) is 23.8 Å². The smallest absolute Gasteiger partial charge is 0.258 e. The third-order valence-electron chi connectivity index (χ3n) is 3.85. The second-order valence-corrected chi connectivity index (χ2v) is 7.61. The first kappa shape index (κ1) is 15.9. The largest absolute Gasteiger partial charge is 0.269 e. The molecular formula is C20H13NO2S2. The summed E-state index contributed by atoms with van der Waals surface area (Å²) in [5, 5.41) is 12.1. The average molecular weight is 363 g/mol. The number of rotatable bonds is 4. The van der Waals surface area contributed by atoms with Crippen LogP contribution in [0.15, 0.2) is 88.7 Å². The van der Waals surface area contributed by atoms with Crippen molar-refractivity contribution in [3.8, 4) is 10.4 Å². The lowest BCUT2D eigenvalue weighted by atomic mass is 10.1. The highest BCUT2D eigenvalue weighted by Crippen LogP contribution is 2.46. The Balaban J connectivity index is 1.81. The summed E-state index contributed by atoms with van der Waals surface area (Å²) in [5.74, 6) is 0. The molecule has 5 heteroatoms. The van der Waals surface area contributed by atoms with Crippen molar-refractivity contribution >= 4 is 38.9 Å². The van der Waals surface area contributed by atoms with Crippen LogP contribution in [0.3, 0.4) is 0 Å². The highest BCUT2D eigenvalue weighted by Gasteiger charge is 2.15. The molecular weight excluding hydrogens is 350 g/mol. The van der Waals surface area contributed by atoms with Crippen LogP contribution in [0, 0.1) is 10.1 Å². The summed E-state index contributed by atoms with van der Waals surface area (Å²) in [6.07, 6.45) is 0. The number of benzene rings is 3. The van der Waals surface area contributed by atoms with Gasteiger partial charge in [0.25, 0.3) is 5.69 Å². The third-order valence-corrected chi connectivity index (χ3v) is 6.34. The van der Waals surface area contributed by atoms with Gasteiger partial charge in [-0.3, -0.25) is 10.1 Å². The topological polar surface area (TPSA) is 43.1 Å². The molecule has 0 unspecified atom stereocenters. The molecule has 3 nitrogen and oxygen atoms in total. The number of non-ortho nitro benzene ring substituents is 1. The Kier molecular flexibility index (Phi) is 4.26. The molecule has 1 heterocycles. The number of hydrogen-bond donors (Lipinski definition) is 0. The lowest BCUT2D eigenvalue weighted by molar-refractivity contribution is -0.384. The van der Waals surface area contributed by atoms with E-state index in [-0.39, 0.29) is 10.6 Å². The Labute approximate surface area is 153 Å². The number of nitrogens with zero attached hydrogens (tertiary/aromatic N) is 1. The molecule has 3 aromatic carbocycles. The van der Waals surface area contributed by atoms with E-state index in [0.717, 1.165) is 4.90 Å². The maximum absolute atomic E-state index is 10.8. The molecule has 0 spiro atoms. The molecule has 0 aliphatic carbocycles. The normalized spacial score (nSPS) is 10.9. The molecule has 0 amide bonds. The predicted octanol–water partition coefficient (Wildman–Crippen LogP) is 6.63. The van der Waals surface area contributed by atoms with Gasteiger partial charge in [0.2, 0.25) is 0 Å². The van der Waals surface area contributed by atoms with Crippen molar-refractivity contribution in [2.45, 2.75) is 9.79 Å². The monoisotopic (exact) mass is 363 g/mol. The van der Waals surface area contributed by atoms with Gasteiger partial charge in [0.05, 0.1) is 4.92 Å². The van der Waals surface area contributed by atoms with Crippen LogP contribution in [0.1, 0.15) is 0 Å². The highest BCUT2D eigenvalue weighted by molar-refractivity contribution is 8.00. The van der Waals surface area contributed by atoms with E-state index in [1.165, 1.54) is 25.4 Å². The molecule has 25 heavy (non-hydrogen) atoms. The lowest BCUT2D eigenvalue weighted by Gasteiger charge is -2.05. The van der Waals surface area contributed by atoms with Crippen molar-refractivity contribution in [1.29, 1.82) is 0 Å². The molecule has 4 rings (SSSR count). The molecule has 0 aliphatic rings. The fraction of sp³-hybridized carbons (Fsp3) is 0. The number of thiophene rings is 1. The molecule has 4 aromatic rings. The minimum absolute atomic E-state index is 0.114.